The lowest BCUT2D eigenvalue weighted by Crippen LogP contribution is -2.43. The van der Waals surface area contributed by atoms with E-state index < -0.39 is 0 Å². The molecule has 150 valence electrons. The monoisotopic (exact) mass is 386 g/mol. The summed E-state index contributed by atoms with van der Waals surface area (Å²) in [4.78, 5) is 43.8. The van der Waals surface area contributed by atoms with Crippen LogP contribution in [0.25, 0.3) is 11.0 Å². The molecule has 8 nitrogen and oxygen atoms in total. The Kier molecular flexibility index (Phi) is 5.21. The number of likely N-dealkylation sites (tertiary alicyclic amines) is 2. The van der Waals surface area contributed by atoms with Crippen molar-refractivity contribution in [1.82, 2.24) is 19.4 Å². The molecule has 1 aromatic heterocycles. The average Bonchev–Trinajstić information content (AvgIpc) is 3.24. The minimum absolute atomic E-state index is 0.0237. The molecule has 2 aliphatic heterocycles. The molecule has 8 heteroatoms. The first-order valence-corrected chi connectivity index (χ1v) is 9.83. The molecule has 0 radical (unpaired) electrons. The van der Waals surface area contributed by atoms with Gasteiger partial charge in [0.2, 0.25) is 11.8 Å². The standard InChI is InChI=1S/C20H26N4O4/c1-28-11-10-23-13-14(12-18(23)25)19(26)22-8-6-15(7-9-22)24-17-5-3-2-4-16(17)21-20(24)27/h2-5,14-15H,6-13H2,1H3,(H,21,27). The summed E-state index contributed by atoms with van der Waals surface area (Å²) in [6.45, 7) is 2.71. The quantitative estimate of drug-likeness (QED) is 0.830. The average molecular weight is 386 g/mol. The molecule has 0 aliphatic carbocycles. The van der Waals surface area contributed by atoms with Crippen molar-refractivity contribution < 1.29 is 14.3 Å². The van der Waals surface area contributed by atoms with Crippen LogP contribution in [-0.2, 0) is 14.3 Å². The van der Waals surface area contributed by atoms with Crippen LogP contribution in [0.1, 0.15) is 25.3 Å². The van der Waals surface area contributed by atoms with Crippen LogP contribution < -0.4 is 5.69 Å². The van der Waals surface area contributed by atoms with Crippen molar-refractivity contribution >= 4 is 22.8 Å². The van der Waals surface area contributed by atoms with E-state index >= 15 is 0 Å². The highest BCUT2D eigenvalue weighted by atomic mass is 16.5. The first kappa shape index (κ1) is 18.7. The molecule has 0 bridgehead atoms. The molecular weight excluding hydrogens is 360 g/mol. The Hall–Kier alpha value is -2.61. The number of fused-ring (bicyclic) bond motifs is 1. The zero-order valence-corrected chi connectivity index (χ0v) is 16.1. The summed E-state index contributed by atoms with van der Waals surface area (Å²) in [5, 5.41) is 0. The highest BCUT2D eigenvalue weighted by Crippen LogP contribution is 2.27. The van der Waals surface area contributed by atoms with Gasteiger partial charge in [-0.15, -0.1) is 0 Å². The normalized spacial score (nSPS) is 21.0. The number of amides is 2. The third-order valence-corrected chi connectivity index (χ3v) is 5.89. The van der Waals surface area contributed by atoms with E-state index in [0.29, 0.717) is 32.8 Å². The lowest BCUT2D eigenvalue weighted by atomic mass is 10.0. The van der Waals surface area contributed by atoms with Gasteiger partial charge >= 0.3 is 5.69 Å². The van der Waals surface area contributed by atoms with Crippen molar-refractivity contribution in [2.24, 2.45) is 5.92 Å². The van der Waals surface area contributed by atoms with Gasteiger partial charge in [-0.3, -0.25) is 14.2 Å². The van der Waals surface area contributed by atoms with Crippen LogP contribution >= 0.6 is 0 Å². The smallest absolute Gasteiger partial charge is 0.326 e. The predicted molar refractivity (Wildman–Crippen MR) is 104 cm³/mol. The number of benzene rings is 1. The van der Waals surface area contributed by atoms with Gasteiger partial charge in [-0.2, -0.15) is 0 Å². The van der Waals surface area contributed by atoms with Crippen molar-refractivity contribution in [3.05, 3.63) is 34.7 Å². The summed E-state index contributed by atoms with van der Waals surface area (Å²) < 4.78 is 6.85. The van der Waals surface area contributed by atoms with Crippen molar-refractivity contribution in [2.75, 3.05) is 39.9 Å². The molecule has 2 aromatic rings. The SMILES string of the molecule is COCCN1CC(C(=O)N2CCC(n3c(=O)[nH]c4ccccc43)CC2)CC1=O. The summed E-state index contributed by atoms with van der Waals surface area (Å²) >= 11 is 0. The number of aromatic amines is 1. The van der Waals surface area contributed by atoms with E-state index in [2.05, 4.69) is 4.98 Å². The maximum absolute atomic E-state index is 12.9. The third kappa shape index (κ3) is 3.44. The summed E-state index contributed by atoms with van der Waals surface area (Å²) in [7, 11) is 1.60. The molecule has 2 saturated heterocycles. The van der Waals surface area contributed by atoms with E-state index in [1.54, 1.807) is 12.0 Å². The van der Waals surface area contributed by atoms with Gasteiger partial charge in [0.25, 0.3) is 0 Å². The number of methoxy groups -OCH3 is 1. The van der Waals surface area contributed by atoms with Crippen LogP contribution in [-0.4, -0.2) is 71.1 Å². The maximum Gasteiger partial charge on any atom is 0.326 e. The number of hydrogen-bond acceptors (Lipinski definition) is 4. The van der Waals surface area contributed by atoms with Crippen LogP contribution in [0.2, 0.25) is 0 Å². The van der Waals surface area contributed by atoms with Crippen molar-refractivity contribution in [2.45, 2.75) is 25.3 Å². The number of H-pyrrole nitrogens is 1. The number of imidazole rings is 1. The van der Waals surface area contributed by atoms with Gasteiger partial charge in [-0.1, -0.05) is 12.1 Å². The van der Waals surface area contributed by atoms with Gasteiger partial charge in [-0.05, 0) is 25.0 Å². The molecule has 1 unspecified atom stereocenters. The number of piperidine rings is 1. The van der Waals surface area contributed by atoms with Gasteiger partial charge in [0.15, 0.2) is 0 Å². The highest BCUT2D eigenvalue weighted by molar-refractivity contribution is 5.89. The molecule has 1 aromatic carbocycles. The van der Waals surface area contributed by atoms with Gasteiger partial charge in [-0.25, -0.2) is 4.79 Å². The number of rotatable bonds is 5. The van der Waals surface area contributed by atoms with Gasteiger partial charge in [0.05, 0.1) is 23.6 Å². The van der Waals surface area contributed by atoms with E-state index in [0.717, 1.165) is 23.9 Å². The van der Waals surface area contributed by atoms with Crippen molar-refractivity contribution in [1.29, 1.82) is 0 Å². The molecule has 0 spiro atoms. The molecule has 1 atom stereocenters. The summed E-state index contributed by atoms with van der Waals surface area (Å²) in [5.41, 5.74) is 1.65. The first-order chi connectivity index (χ1) is 13.6. The molecule has 4 rings (SSSR count). The van der Waals surface area contributed by atoms with Crippen LogP contribution in [0.5, 0.6) is 0 Å². The van der Waals surface area contributed by atoms with E-state index in [4.69, 9.17) is 4.74 Å². The fourth-order valence-electron chi connectivity index (χ4n) is 4.39. The Morgan fingerprint density at radius 3 is 2.71 bits per heavy atom. The van der Waals surface area contributed by atoms with E-state index in [-0.39, 0.29) is 35.9 Å². The molecule has 2 aliphatic rings. The minimum atomic E-state index is -0.267. The van der Waals surface area contributed by atoms with Gasteiger partial charge in [0, 0.05) is 45.8 Å². The molecule has 3 heterocycles. The lowest BCUT2D eigenvalue weighted by molar-refractivity contribution is -0.137. The van der Waals surface area contributed by atoms with Crippen LogP contribution in [0.4, 0.5) is 0 Å². The number of carbonyl (C=O) groups is 2. The third-order valence-electron chi connectivity index (χ3n) is 5.89. The number of nitrogens with zero attached hydrogens (tertiary/aromatic N) is 3. The Balaban J connectivity index is 1.39. The molecule has 2 amide bonds. The Bertz CT molecular complexity index is 926. The van der Waals surface area contributed by atoms with Gasteiger partial charge in [0.1, 0.15) is 0 Å². The lowest BCUT2D eigenvalue weighted by Gasteiger charge is -2.34. The number of aromatic nitrogens is 2. The Morgan fingerprint density at radius 1 is 1.21 bits per heavy atom. The fraction of sp³-hybridized carbons (Fsp3) is 0.550. The second-order valence-electron chi connectivity index (χ2n) is 7.61. The van der Waals surface area contributed by atoms with E-state index in [1.165, 1.54) is 0 Å². The second-order valence-corrected chi connectivity index (χ2v) is 7.61. The summed E-state index contributed by atoms with van der Waals surface area (Å²) in [5.74, 6) is -0.190. The minimum Gasteiger partial charge on any atom is -0.383 e. The second kappa shape index (κ2) is 7.79. The van der Waals surface area contributed by atoms with E-state index in [1.807, 2.05) is 33.7 Å². The van der Waals surface area contributed by atoms with Crippen molar-refractivity contribution in [3.63, 3.8) is 0 Å². The number of hydrogen-bond donors (Lipinski definition) is 1. The number of nitrogens with one attached hydrogen (secondary N) is 1. The largest absolute Gasteiger partial charge is 0.383 e. The molecule has 28 heavy (non-hydrogen) atoms. The first-order valence-electron chi connectivity index (χ1n) is 9.83. The number of ether oxygens (including phenoxy) is 1. The Labute approximate surface area is 163 Å². The zero-order chi connectivity index (χ0) is 19.7. The van der Waals surface area contributed by atoms with Crippen LogP contribution in [0, 0.1) is 5.92 Å². The summed E-state index contributed by atoms with van der Waals surface area (Å²) in [6.07, 6.45) is 1.76. The molecular formula is C20H26N4O4. The maximum atomic E-state index is 12.9. The molecule has 0 saturated carbocycles. The molecule has 1 N–H and O–H groups in total. The van der Waals surface area contributed by atoms with Crippen LogP contribution in [0.3, 0.4) is 0 Å². The predicted octanol–water partition coefficient (Wildman–Crippen LogP) is 0.988. The highest BCUT2D eigenvalue weighted by Gasteiger charge is 2.37. The summed E-state index contributed by atoms with van der Waals surface area (Å²) in [6, 6.07) is 7.76. The molecule has 2 fully saturated rings. The van der Waals surface area contributed by atoms with Crippen molar-refractivity contribution in [3.8, 4) is 0 Å². The number of para-hydroxylation sites is 2. The van der Waals surface area contributed by atoms with Crippen LogP contribution in [0.15, 0.2) is 29.1 Å². The fourth-order valence-corrected chi connectivity index (χ4v) is 4.39. The zero-order valence-electron chi connectivity index (χ0n) is 16.1. The number of carbonyl (C=O) groups excluding carboxylic acids is 2. The van der Waals surface area contributed by atoms with Gasteiger partial charge < -0.3 is 19.5 Å². The topological polar surface area (TPSA) is 87.6 Å². The Morgan fingerprint density at radius 2 is 1.96 bits per heavy atom. The van der Waals surface area contributed by atoms with E-state index in [9.17, 15) is 14.4 Å².